The van der Waals surface area contributed by atoms with E-state index < -0.39 is 12.1 Å². The molecule has 0 amide bonds. The Labute approximate surface area is 135 Å². The van der Waals surface area contributed by atoms with Crippen LogP contribution in [0.2, 0.25) is 0 Å². The van der Waals surface area contributed by atoms with E-state index in [0.29, 0.717) is 6.42 Å². The molecule has 0 aliphatic rings. The third-order valence-corrected chi connectivity index (χ3v) is 3.76. The van der Waals surface area contributed by atoms with Crippen molar-refractivity contribution in [2.45, 2.75) is 83.7 Å². The number of hydrogen-bond acceptors (Lipinski definition) is 3. The van der Waals surface area contributed by atoms with E-state index in [9.17, 15) is 9.59 Å². The van der Waals surface area contributed by atoms with Crippen LogP contribution in [0, 0.1) is 0 Å². The number of ketones is 1. The van der Waals surface area contributed by atoms with Crippen LogP contribution >= 0.6 is 0 Å². The van der Waals surface area contributed by atoms with Crippen LogP contribution in [0.5, 0.6) is 0 Å². The SMILES string of the molecule is C=CC(=O)OC(CCCCCCCCCCCC)C(=O)C=C. The maximum absolute atomic E-state index is 11.6. The van der Waals surface area contributed by atoms with Gasteiger partial charge in [-0.05, 0) is 18.9 Å². The minimum atomic E-state index is -0.697. The van der Waals surface area contributed by atoms with Crippen LogP contribution in [0.15, 0.2) is 25.3 Å². The quantitative estimate of drug-likeness (QED) is 0.239. The second-order valence-electron chi connectivity index (χ2n) is 5.71. The molecular formula is C19H32O3. The molecule has 3 nitrogen and oxygen atoms in total. The molecule has 3 heteroatoms. The van der Waals surface area contributed by atoms with Crippen molar-refractivity contribution in [1.82, 2.24) is 0 Å². The molecule has 0 heterocycles. The number of carbonyl (C=O) groups excluding carboxylic acids is 2. The monoisotopic (exact) mass is 308 g/mol. The molecule has 0 aromatic heterocycles. The van der Waals surface area contributed by atoms with E-state index in [1.165, 1.54) is 57.4 Å². The Morgan fingerprint density at radius 2 is 1.36 bits per heavy atom. The summed E-state index contributed by atoms with van der Waals surface area (Å²) in [4.78, 5) is 22.8. The first-order chi connectivity index (χ1) is 10.7. The van der Waals surface area contributed by atoms with Gasteiger partial charge >= 0.3 is 5.97 Å². The van der Waals surface area contributed by atoms with Crippen molar-refractivity contribution in [3.05, 3.63) is 25.3 Å². The largest absolute Gasteiger partial charge is 0.451 e. The zero-order valence-electron chi connectivity index (χ0n) is 14.1. The molecule has 0 aliphatic heterocycles. The zero-order chi connectivity index (χ0) is 16.6. The van der Waals surface area contributed by atoms with Gasteiger partial charge in [0.15, 0.2) is 11.9 Å². The minimum Gasteiger partial charge on any atom is -0.451 e. The highest BCUT2D eigenvalue weighted by Crippen LogP contribution is 2.13. The molecule has 0 radical (unpaired) electrons. The van der Waals surface area contributed by atoms with Gasteiger partial charge in [-0.1, -0.05) is 77.9 Å². The maximum Gasteiger partial charge on any atom is 0.330 e. The average Bonchev–Trinajstić information content (AvgIpc) is 2.54. The fourth-order valence-corrected chi connectivity index (χ4v) is 2.40. The molecule has 0 aromatic carbocycles. The molecule has 0 bridgehead atoms. The number of ether oxygens (including phenoxy) is 1. The summed E-state index contributed by atoms with van der Waals surface area (Å²) in [6.45, 7) is 9.02. The number of hydrogen-bond donors (Lipinski definition) is 0. The van der Waals surface area contributed by atoms with Crippen LogP contribution in [0.3, 0.4) is 0 Å². The van der Waals surface area contributed by atoms with Crippen molar-refractivity contribution >= 4 is 11.8 Å². The summed E-state index contributed by atoms with van der Waals surface area (Å²) in [7, 11) is 0. The highest BCUT2D eigenvalue weighted by atomic mass is 16.5. The topological polar surface area (TPSA) is 43.4 Å². The van der Waals surface area contributed by atoms with Gasteiger partial charge in [-0.15, -0.1) is 0 Å². The molecule has 0 N–H and O–H groups in total. The van der Waals surface area contributed by atoms with Gasteiger partial charge in [-0.3, -0.25) is 4.79 Å². The van der Waals surface area contributed by atoms with Crippen LogP contribution in [-0.2, 0) is 14.3 Å². The molecule has 0 saturated carbocycles. The molecule has 0 rings (SSSR count). The van der Waals surface area contributed by atoms with E-state index in [2.05, 4.69) is 20.1 Å². The number of unbranched alkanes of at least 4 members (excludes halogenated alkanes) is 9. The third kappa shape index (κ3) is 11.3. The lowest BCUT2D eigenvalue weighted by atomic mass is 10.0. The van der Waals surface area contributed by atoms with Crippen LogP contribution < -0.4 is 0 Å². The Bertz CT molecular complexity index is 334. The summed E-state index contributed by atoms with van der Waals surface area (Å²) in [6, 6.07) is 0. The van der Waals surface area contributed by atoms with Gasteiger partial charge in [-0.2, -0.15) is 0 Å². The summed E-state index contributed by atoms with van der Waals surface area (Å²) < 4.78 is 5.06. The van der Waals surface area contributed by atoms with E-state index in [-0.39, 0.29) is 5.78 Å². The van der Waals surface area contributed by atoms with Gasteiger partial charge in [-0.25, -0.2) is 4.79 Å². The predicted octanol–water partition coefficient (Wildman–Crippen LogP) is 5.15. The fraction of sp³-hybridized carbons (Fsp3) is 0.684. The Morgan fingerprint density at radius 3 is 1.82 bits per heavy atom. The number of rotatable bonds is 15. The van der Waals surface area contributed by atoms with Crippen molar-refractivity contribution in [3.63, 3.8) is 0 Å². The smallest absolute Gasteiger partial charge is 0.330 e. The van der Waals surface area contributed by atoms with Gasteiger partial charge in [0.25, 0.3) is 0 Å². The van der Waals surface area contributed by atoms with Gasteiger partial charge in [0.2, 0.25) is 0 Å². The van der Waals surface area contributed by atoms with E-state index in [1.807, 2.05) is 0 Å². The first-order valence-electron chi connectivity index (χ1n) is 8.65. The molecule has 0 saturated heterocycles. The third-order valence-electron chi connectivity index (χ3n) is 3.76. The minimum absolute atomic E-state index is 0.230. The fourth-order valence-electron chi connectivity index (χ4n) is 2.40. The van der Waals surface area contributed by atoms with Gasteiger partial charge < -0.3 is 4.74 Å². The van der Waals surface area contributed by atoms with Crippen molar-refractivity contribution < 1.29 is 14.3 Å². The molecule has 126 valence electrons. The standard InChI is InChI=1S/C19H32O3/c1-4-7-8-9-10-11-12-13-14-15-16-18(17(20)5-2)22-19(21)6-3/h5-6,18H,2-4,7-16H2,1H3. The molecule has 1 unspecified atom stereocenters. The maximum atomic E-state index is 11.6. The molecule has 0 aliphatic carbocycles. The second kappa shape index (κ2) is 14.6. The first-order valence-corrected chi connectivity index (χ1v) is 8.65. The normalized spacial score (nSPS) is 11.7. The predicted molar refractivity (Wildman–Crippen MR) is 91.7 cm³/mol. The molecule has 0 spiro atoms. The molecule has 22 heavy (non-hydrogen) atoms. The molecule has 0 fully saturated rings. The molecule has 1 atom stereocenters. The van der Waals surface area contributed by atoms with Gasteiger partial charge in [0, 0.05) is 6.08 Å². The lowest BCUT2D eigenvalue weighted by Crippen LogP contribution is -2.25. The van der Waals surface area contributed by atoms with Crippen molar-refractivity contribution in [2.75, 3.05) is 0 Å². The van der Waals surface area contributed by atoms with Crippen molar-refractivity contribution in [2.24, 2.45) is 0 Å². The van der Waals surface area contributed by atoms with E-state index in [1.54, 1.807) is 0 Å². The van der Waals surface area contributed by atoms with E-state index in [4.69, 9.17) is 4.74 Å². The van der Waals surface area contributed by atoms with Crippen molar-refractivity contribution in [3.8, 4) is 0 Å². The average molecular weight is 308 g/mol. The molecule has 0 aromatic rings. The highest BCUT2D eigenvalue weighted by molar-refractivity contribution is 5.95. The van der Waals surface area contributed by atoms with Crippen molar-refractivity contribution in [1.29, 1.82) is 0 Å². The summed E-state index contributed by atoms with van der Waals surface area (Å²) in [6.07, 6.45) is 14.5. The first kappa shape index (κ1) is 20.6. The van der Waals surface area contributed by atoms with E-state index >= 15 is 0 Å². The van der Waals surface area contributed by atoms with Gasteiger partial charge in [0.1, 0.15) is 0 Å². The number of esters is 1. The summed E-state index contributed by atoms with van der Waals surface area (Å²) >= 11 is 0. The zero-order valence-corrected chi connectivity index (χ0v) is 14.1. The highest BCUT2D eigenvalue weighted by Gasteiger charge is 2.18. The van der Waals surface area contributed by atoms with Crippen LogP contribution in [0.1, 0.15) is 77.6 Å². The second-order valence-corrected chi connectivity index (χ2v) is 5.71. The Hall–Kier alpha value is -1.38. The molecular weight excluding hydrogens is 276 g/mol. The Morgan fingerprint density at radius 1 is 0.864 bits per heavy atom. The lowest BCUT2D eigenvalue weighted by molar-refractivity contribution is -0.149. The Balaban J connectivity index is 3.67. The number of carbonyl (C=O) groups is 2. The van der Waals surface area contributed by atoms with Crippen LogP contribution in [0.4, 0.5) is 0 Å². The lowest BCUT2D eigenvalue weighted by Gasteiger charge is -2.13. The van der Waals surface area contributed by atoms with E-state index in [0.717, 1.165) is 18.9 Å². The summed E-state index contributed by atoms with van der Waals surface area (Å²) in [5.74, 6) is -0.779. The van der Waals surface area contributed by atoms with Gasteiger partial charge in [0.05, 0.1) is 0 Å². The van der Waals surface area contributed by atoms with Crippen LogP contribution in [-0.4, -0.2) is 17.9 Å². The van der Waals surface area contributed by atoms with Crippen LogP contribution in [0.25, 0.3) is 0 Å². The summed E-state index contributed by atoms with van der Waals surface area (Å²) in [5, 5.41) is 0. The summed E-state index contributed by atoms with van der Waals surface area (Å²) in [5.41, 5.74) is 0. The Kier molecular flexibility index (Phi) is 13.6.